The molecule has 6 heteroatoms. The van der Waals surface area contributed by atoms with Crippen LogP contribution in [0.3, 0.4) is 0 Å². The van der Waals surface area contributed by atoms with Gasteiger partial charge in [0.2, 0.25) is 0 Å². The Morgan fingerprint density at radius 1 is 1.00 bits per heavy atom. The van der Waals surface area contributed by atoms with Crippen LogP contribution in [0.15, 0.2) is 36.4 Å². The summed E-state index contributed by atoms with van der Waals surface area (Å²) in [5.41, 5.74) is 2.14. The Bertz CT molecular complexity index is 749. The zero-order chi connectivity index (χ0) is 19.1. The lowest BCUT2D eigenvalue weighted by Crippen LogP contribution is -2.33. The Hall–Kier alpha value is -1.46. The zero-order valence-electron chi connectivity index (χ0n) is 15.6. The quantitative estimate of drug-likeness (QED) is 0.665. The summed E-state index contributed by atoms with van der Waals surface area (Å²) in [5.74, 6) is 2.21. The summed E-state index contributed by atoms with van der Waals surface area (Å²) in [6, 6.07) is 11.5. The minimum Gasteiger partial charge on any atom is -0.493 e. The minimum atomic E-state index is 0.403. The monoisotopic (exact) mass is 408 g/mol. The summed E-state index contributed by atoms with van der Waals surface area (Å²) in [6.45, 7) is 4.55. The highest BCUT2D eigenvalue weighted by Crippen LogP contribution is 2.30. The van der Waals surface area contributed by atoms with Crippen molar-refractivity contribution >= 4 is 23.2 Å². The van der Waals surface area contributed by atoms with E-state index in [2.05, 4.69) is 16.7 Å². The molecule has 0 aliphatic carbocycles. The topological polar surface area (TPSA) is 42.5 Å². The summed E-state index contributed by atoms with van der Waals surface area (Å²) < 4.78 is 11.4. The first-order chi connectivity index (χ1) is 13.2. The van der Waals surface area contributed by atoms with E-state index in [0.29, 0.717) is 22.4 Å². The van der Waals surface area contributed by atoms with Crippen LogP contribution in [0.4, 0.5) is 0 Å². The molecule has 1 fully saturated rings. The standard InChI is InChI=1S/C21H26Cl2N2O2/c1-26-21-11-16(13-25-12-15-6-8-24-9-7-15)3-5-20(21)27-14-17-2-4-18(22)19(23)10-17/h2-5,10-11,15,24-25H,6-9,12-14H2,1H3. The van der Waals surface area contributed by atoms with Gasteiger partial charge in [-0.1, -0.05) is 35.3 Å². The van der Waals surface area contributed by atoms with E-state index >= 15 is 0 Å². The second-order valence-electron chi connectivity index (χ2n) is 6.85. The number of hydrogen-bond acceptors (Lipinski definition) is 4. The average molecular weight is 409 g/mol. The molecule has 1 aliphatic heterocycles. The van der Waals surface area contributed by atoms with Crippen LogP contribution < -0.4 is 20.1 Å². The molecule has 0 aromatic heterocycles. The molecule has 2 aromatic carbocycles. The maximum atomic E-state index is 6.06. The Labute approximate surface area is 171 Å². The normalized spacial score (nSPS) is 14.9. The van der Waals surface area contributed by atoms with Gasteiger partial charge in [0.1, 0.15) is 6.61 Å². The van der Waals surface area contributed by atoms with Crippen LogP contribution in [0, 0.1) is 5.92 Å². The molecule has 0 amide bonds. The molecule has 0 saturated carbocycles. The molecule has 0 unspecified atom stereocenters. The van der Waals surface area contributed by atoms with Gasteiger partial charge in [-0.15, -0.1) is 0 Å². The number of methoxy groups -OCH3 is 1. The second-order valence-corrected chi connectivity index (χ2v) is 7.66. The molecule has 0 spiro atoms. The Morgan fingerprint density at radius 2 is 1.78 bits per heavy atom. The number of ether oxygens (including phenoxy) is 2. The fourth-order valence-corrected chi connectivity index (χ4v) is 3.56. The Kier molecular flexibility index (Phi) is 7.65. The number of hydrogen-bond donors (Lipinski definition) is 2. The first-order valence-electron chi connectivity index (χ1n) is 9.31. The Morgan fingerprint density at radius 3 is 2.52 bits per heavy atom. The molecule has 0 bridgehead atoms. The van der Waals surface area contributed by atoms with Gasteiger partial charge in [-0.05, 0) is 73.8 Å². The van der Waals surface area contributed by atoms with Crippen LogP contribution in [0.2, 0.25) is 10.0 Å². The van der Waals surface area contributed by atoms with E-state index in [0.717, 1.165) is 43.4 Å². The molecule has 0 radical (unpaired) electrons. The van der Waals surface area contributed by atoms with Gasteiger partial charge in [-0.25, -0.2) is 0 Å². The first-order valence-corrected chi connectivity index (χ1v) is 10.1. The number of piperidine rings is 1. The van der Waals surface area contributed by atoms with E-state index in [1.807, 2.05) is 24.3 Å². The van der Waals surface area contributed by atoms with E-state index < -0.39 is 0 Å². The predicted molar refractivity (Wildman–Crippen MR) is 111 cm³/mol. The van der Waals surface area contributed by atoms with Gasteiger partial charge in [0.15, 0.2) is 11.5 Å². The number of rotatable bonds is 8. The van der Waals surface area contributed by atoms with Crippen molar-refractivity contribution < 1.29 is 9.47 Å². The van der Waals surface area contributed by atoms with Crippen LogP contribution >= 0.6 is 23.2 Å². The van der Waals surface area contributed by atoms with Crippen molar-refractivity contribution in [3.05, 3.63) is 57.6 Å². The average Bonchev–Trinajstić information content (AvgIpc) is 2.70. The molecular formula is C21H26Cl2N2O2. The van der Waals surface area contributed by atoms with Gasteiger partial charge in [0.05, 0.1) is 17.2 Å². The van der Waals surface area contributed by atoms with E-state index in [1.165, 1.54) is 18.4 Å². The third-order valence-electron chi connectivity index (χ3n) is 4.83. The van der Waals surface area contributed by atoms with Gasteiger partial charge in [-0.2, -0.15) is 0 Å². The van der Waals surface area contributed by atoms with Crippen LogP contribution in [0.5, 0.6) is 11.5 Å². The number of benzene rings is 2. The van der Waals surface area contributed by atoms with Crippen molar-refractivity contribution in [2.45, 2.75) is 26.0 Å². The van der Waals surface area contributed by atoms with Crippen molar-refractivity contribution in [3.8, 4) is 11.5 Å². The molecule has 4 nitrogen and oxygen atoms in total. The molecule has 2 N–H and O–H groups in total. The van der Waals surface area contributed by atoms with E-state index in [9.17, 15) is 0 Å². The maximum absolute atomic E-state index is 6.06. The fourth-order valence-electron chi connectivity index (χ4n) is 3.24. The van der Waals surface area contributed by atoms with Gasteiger partial charge < -0.3 is 20.1 Å². The second kappa shape index (κ2) is 10.2. The molecule has 1 heterocycles. The number of nitrogens with one attached hydrogen (secondary N) is 2. The summed E-state index contributed by atoms with van der Waals surface area (Å²) >= 11 is 12.0. The smallest absolute Gasteiger partial charge is 0.161 e. The lowest BCUT2D eigenvalue weighted by molar-refractivity contribution is 0.284. The maximum Gasteiger partial charge on any atom is 0.161 e. The largest absolute Gasteiger partial charge is 0.493 e. The molecule has 1 aliphatic rings. The third-order valence-corrected chi connectivity index (χ3v) is 5.57. The van der Waals surface area contributed by atoms with E-state index in [4.69, 9.17) is 32.7 Å². The van der Waals surface area contributed by atoms with Gasteiger partial charge in [-0.3, -0.25) is 0 Å². The van der Waals surface area contributed by atoms with Gasteiger partial charge in [0.25, 0.3) is 0 Å². The lowest BCUT2D eigenvalue weighted by Gasteiger charge is -2.23. The molecule has 27 heavy (non-hydrogen) atoms. The van der Waals surface area contributed by atoms with Crippen LogP contribution in [-0.4, -0.2) is 26.7 Å². The Balaban J connectivity index is 1.54. The third kappa shape index (κ3) is 6.01. The van der Waals surface area contributed by atoms with Gasteiger partial charge in [0, 0.05) is 6.54 Å². The molecule has 0 atom stereocenters. The van der Waals surface area contributed by atoms with Gasteiger partial charge >= 0.3 is 0 Å². The predicted octanol–water partition coefficient (Wildman–Crippen LogP) is 4.67. The van der Waals surface area contributed by atoms with Crippen molar-refractivity contribution in [2.75, 3.05) is 26.7 Å². The summed E-state index contributed by atoms with van der Waals surface area (Å²) in [4.78, 5) is 0. The highest BCUT2D eigenvalue weighted by molar-refractivity contribution is 6.42. The van der Waals surface area contributed by atoms with Crippen molar-refractivity contribution in [1.29, 1.82) is 0 Å². The summed E-state index contributed by atoms with van der Waals surface area (Å²) in [5, 5.41) is 8.03. The highest BCUT2D eigenvalue weighted by Gasteiger charge is 2.12. The molecule has 2 aromatic rings. The van der Waals surface area contributed by atoms with E-state index in [1.54, 1.807) is 13.2 Å². The van der Waals surface area contributed by atoms with Crippen LogP contribution in [-0.2, 0) is 13.2 Å². The number of halogens is 2. The lowest BCUT2D eigenvalue weighted by atomic mass is 9.98. The fraction of sp³-hybridized carbons (Fsp3) is 0.429. The van der Waals surface area contributed by atoms with Crippen molar-refractivity contribution in [2.24, 2.45) is 5.92 Å². The van der Waals surface area contributed by atoms with E-state index in [-0.39, 0.29) is 0 Å². The van der Waals surface area contributed by atoms with Crippen LogP contribution in [0.1, 0.15) is 24.0 Å². The summed E-state index contributed by atoms with van der Waals surface area (Å²) in [7, 11) is 1.66. The van der Waals surface area contributed by atoms with Crippen molar-refractivity contribution in [3.63, 3.8) is 0 Å². The molecule has 3 rings (SSSR count). The zero-order valence-corrected chi connectivity index (χ0v) is 17.1. The molecular weight excluding hydrogens is 383 g/mol. The summed E-state index contributed by atoms with van der Waals surface area (Å²) in [6.07, 6.45) is 2.50. The highest BCUT2D eigenvalue weighted by atomic mass is 35.5. The van der Waals surface area contributed by atoms with Crippen molar-refractivity contribution in [1.82, 2.24) is 10.6 Å². The SMILES string of the molecule is COc1cc(CNCC2CCNCC2)ccc1OCc1ccc(Cl)c(Cl)c1. The van der Waals surface area contributed by atoms with Crippen LogP contribution in [0.25, 0.3) is 0 Å². The minimum absolute atomic E-state index is 0.403. The first kappa shape index (κ1) is 20.3. The molecule has 1 saturated heterocycles. The molecule has 146 valence electrons.